The van der Waals surface area contributed by atoms with E-state index in [1.165, 1.54) is 0 Å². The van der Waals surface area contributed by atoms with Crippen molar-refractivity contribution in [2.75, 3.05) is 10.7 Å². The average molecular weight is 332 g/mol. The Morgan fingerprint density at radius 1 is 1.05 bits per heavy atom. The number of pyridine rings is 1. The standard InChI is InChI=1S/C13H13Cl3N4/c1-7(8-2-4-9(14)5-3-8)18-12-10(15)6-11(16)13(19-12)20-17/h2-7H,17H2,1H3,(H2,18,19,20). The molecule has 2 aromatic rings. The van der Waals surface area contributed by atoms with Crippen LogP contribution in [0.15, 0.2) is 30.3 Å². The number of nitrogens with two attached hydrogens (primary N) is 1. The summed E-state index contributed by atoms with van der Waals surface area (Å²) in [5.74, 6) is 6.21. The maximum Gasteiger partial charge on any atom is 0.161 e. The topological polar surface area (TPSA) is 63.0 Å². The molecule has 0 fully saturated rings. The summed E-state index contributed by atoms with van der Waals surface area (Å²) in [6.45, 7) is 1.99. The average Bonchev–Trinajstić information content (AvgIpc) is 2.42. The summed E-state index contributed by atoms with van der Waals surface area (Å²) >= 11 is 17.9. The monoisotopic (exact) mass is 330 g/mol. The maximum absolute atomic E-state index is 6.12. The molecule has 0 radical (unpaired) electrons. The van der Waals surface area contributed by atoms with Gasteiger partial charge in [0.2, 0.25) is 0 Å². The van der Waals surface area contributed by atoms with Crippen LogP contribution in [0.5, 0.6) is 0 Å². The first-order valence-corrected chi connectivity index (χ1v) is 6.99. The molecule has 0 amide bonds. The SMILES string of the molecule is CC(Nc1nc(NN)c(Cl)cc1Cl)c1ccc(Cl)cc1. The largest absolute Gasteiger partial charge is 0.362 e. The molecule has 1 atom stereocenters. The molecule has 1 unspecified atom stereocenters. The number of benzene rings is 1. The molecule has 20 heavy (non-hydrogen) atoms. The molecule has 106 valence electrons. The van der Waals surface area contributed by atoms with Crippen molar-refractivity contribution in [1.29, 1.82) is 0 Å². The van der Waals surface area contributed by atoms with Crippen molar-refractivity contribution in [3.8, 4) is 0 Å². The molecule has 0 spiro atoms. The van der Waals surface area contributed by atoms with Crippen LogP contribution >= 0.6 is 34.8 Å². The summed E-state index contributed by atoms with van der Waals surface area (Å²) < 4.78 is 0. The fourth-order valence-electron chi connectivity index (χ4n) is 1.71. The molecular formula is C13H13Cl3N4. The minimum Gasteiger partial charge on any atom is -0.362 e. The Morgan fingerprint density at radius 3 is 2.25 bits per heavy atom. The summed E-state index contributed by atoms with van der Waals surface area (Å²) in [7, 11) is 0. The van der Waals surface area contributed by atoms with Crippen molar-refractivity contribution in [2.24, 2.45) is 5.84 Å². The fraction of sp³-hybridized carbons (Fsp3) is 0.154. The third-order valence-electron chi connectivity index (χ3n) is 2.79. The normalized spacial score (nSPS) is 12.1. The van der Waals surface area contributed by atoms with Crippen LogP contribution in [0.25, 0.3) is 0 Å². The van der Waals surface area contributed by atoms with Crippen LogP contribution in [0.3, 0.4) is 0 Å². The predicted molar refractivity (Wildman–Crippen MR) is 85.6 cm³/mol. The van der Waals surface area contributed by atoms with E-state index in [1.54, 1.807) is 6.07 Å². The Hall–Kier alpha value is -1.20. The Labute approximate surface area is 132 Å². The van der Waals surface area contributed by atoms with Gasteiger partial charge in [0.25, 0.3) is 0 Å². The lowest BCUT2D eigenvalue weighted by Gasteiger charge is -2.17. The van der Waals surface area contributed by atoms with Crippen LogP contribution in [0.2, 0.25) is 15.1 Å². The lowest BCUT2D eigenvalue weighted by atomic mass is 10.1. The van der Waals surface area contributed by atoms with Gasteiger partial charge in [-0.3, -0.25) is 0 Å². The highest BCUT2D eigenvalue weighted by Crippen LogP contribution is 2.31. The maximum atomic E-state index is 6.12. The molecule has 4 nitrogen and oxygen atoms in total. The van der Waals surface area contributed by atoms with E-state index in [1.807, 2.05) is 31.2 Å². The van der Waals surface area contributed by atoms with Crippen molar-refractivity contribution in [1.82, 2.24) is 4.98 Å². The number of anilines is 2. The molecule has 1 aromatic heterocycles. The van der Waals surface area contributed by atoms with Crippen molar-refractivity contribution < 1.29 is 0 Å². The van der Waals surface area contributed by atoms with E-state index in [2.05, 4.69) is 15.7 Å². The number of nitrogens with zero attached hydrogens (tertiary/aromatic N) is 1. The van der Waals surface area contributed by atoms with Gasteiger partial charge in [-0.1, -0.05) is 46.9 Å². The number of nitrogen functional groups attached to an aromatic ring is 1. The number of nitrogens with one attached hydrogen (secondary N) is 2. The molecule has 0 bridgehead atoms. The second-order valence-corrected chi connectivity index (χ2v) is 5.46. The van der Waals surface area contributed by atoms with Crippen molar-refractivity contribution >= 4 is 46.4 Å². The molecule has 7 heteroatoms. The summed E-state index contributed by atoms with van der Waals surface area (Å²) in [5, 5.41) is 4.69. The molecular weight excluding hydrogens is 319 g/mol. The van der Waals surface area contributed by atoms with E-state index >= 15 is 0 Å². The molecule has 1 heterocycles. The summed E-state index contributed by atoms with van der Waals surface area (Å²) in [5.41, 5.74) is 3.48. The van der Waals surface area contributed by atoms with Gasteiger partial charge >= 0.3 is 0 Å². The lowest BCUT2D eigenvalue weighted by molar-refractivity contribution is 0.875. The second-order valence-electron chi connectivity index (χ2n) is 4.21. The minimum atomic E-state index is 0.00377. The van der Waals surface area contributed by atoms with Crippen molar-refractivity contribution in [2.45, 2.75) is 13.0 Å². The first-order valence-electron chi connectivity index (χ1n) is 5.86. The summed E-state index contributed by atoms with van der Waals surface area (Å²) in [4.78, 5) is 4.24. The minimum absolute atomic E-state index is 0.00377. The number of rotatable bonds is 4. The van der Waals surface area contributed by atoms with E-state index in [-0.39, 0.29) is 6.04 Å². The molecule has 4 N–H and O–H groups in total. The van der Waals surface area contributed by atoms with Crippen LogP contribution in [0, 0.1) is 0 Å². The Morgan fingerprint density at radius 2 is 1.65 bits per heavy atom. The molecule has 0 aliphatic rings. The second kappa shape index (κ2) is 6.50. The third kappa shape index (κ3) is 3.46. The predicted octanol–water partition coefficient (Wildman–Crippen LogP) is 4.50. The molecule has 0 aliphatic heterocycles. The summed E-state index contributed by atoms with van der Waals surface area (Å²) in [6, 6.07) is 9.13. The zero-order valence-corrected chi connectivity index (χ0v) is 12.9. The van der Waals surface area contributed by atoms with E-state index in [9.17, 15) is 0 Å². The van der Waals surface area contributed by atoms with Crippen molar-refractivity contribution in [3.63, 3.8) is 0 Å². The number of aromatic nitrogens is 1. The smallest absolute Gasteiger partial charge is 0.161 e. The molecule has 1 aromatic carbocycles. The van der Waals surface area contributed by atoms with Gasteiger partial charge in [0, 0.05) is 11.1 Å². The summed E-state index contributed by atoms with van der Waals surface area (Å²) in [6.07, 6.45) is 0. The van der Waals surface area contributed by atoms with Gasteiger partial charge < -0.3 is 10.7 Å². The molecule has 0 saturated heterocycles. The van der Waals surface area contributed by atoms with Crippen LogP contribution in [-0.2, 0) is 0 Å². The highest BCUT2D eigenvalue weighted by Gasteiger charge is 2.12. The van der Waals surface area contributed by atoms with E-state index in [0.29, 0.717) is 26.7 Å². The highest BCUT2D eigenvalue weighted by atomic mass is 35.5. The number of hydrogen-bond donors (Lipinski definition) is 3. The van der Waals surface area contributed by atoms with Gasteiger partial charge in [0.15, 0.2) is 5.82 Å². The van der Waals surface area contributed by atoms with E-state index in [4.69, 9.17) is 40.6 Å². The highest BCUT2D eigenvalue weighted by molar-refractivity contribution is 6.37. The quantitative estimate of drug-likeness (QED) is 0.570. The number of hydrogen-bond acceptors (Lipinski definition) is 4. The van der Waals surface area contributed by atoms with Gasteiger partial charge in [-0.2, -0.15) is 0 Å². The molecule has 0 aliphatic carbocycles. The van der Waals surface area contributed by atoms with E-state index < -0.39 is 0 Å². The first-order chi connectivity index (χ1) is 9.51. The number of halogens is 3. The fourth-order valence-corrected chi connectivity index (χ4v) is 2.30. The van der Waals surface area contributed by atoms with E-state index in [0.717, 1.165) is 5.56 Å². The number of hydrazine groups is 1. The van der Waals surface area contributed by atoms with Crippen LogP contribution in [0.4, 0.5) is 11.6 Å². The molecule has 2 rings (SSSR count). The zero-order valence-electron chi connectivity index (χ0n) is 10.6. The lowest BCUT2D eigenvalue weighted by Crippen LogP contribution is -2.13. The third-order valence-corrected chi connectivity index (χ3v) is 3.62. The zero-order chi connectivity index (χ0) is 14.7. The molecule has 0 saturated carbocycles. The van der Waals surface area contributed by atoms with Crippen LogP contribution in [0.1, 0.15) is 18.5 Å². The van der Waals surface area contributed by atoms with Gasteiger partial charge in [-0.25, -0.2) is 10.8 Å². The van der Waals surface area contributed by atoms with Gasteiger partial charge in [0.1, 0.15) is 5.82 Å². The Kier molecular flexibility index (Phi) is 4.94. The Balaban J connectivity index is 2.23. The van der Waals surface area contributed by atoms with Gasteiger partial charge in [-0.05, 0) is 30.7 Å². The van der Waals surface area contributed by atoms with Crippen LogP contribution in [-0.4, -0.2) is 4.98 Å². The van der Waals surface area contributed by atoms with Crippen molar-refractivity contribution in [3.05, 3.63) is 51.0 Å². The van der Waals surface area contributed by atoms with Crippen LogP contribution < -0.4 is 16.6 Å². The first kappa shape index (κ1) is 15.2. The van der Waals surface area contributed by atoms with Gasteiger partial charge in [0.05, 0.1) is 10.0 Å². The Bertz CT molecular complexity index is 601. The van der Waals surface area contributed by atoms with Gasteiger partial charge in [-0.15, -0.1) is 0 Å².